The van der Waals surface area contributed by atoms with Crippen LogP contribution in [0.15, 0.2) is 0 Å². The number of halogens is 3. The first kappa shape index (κ1) is 18.1. The van der Waals surface area contributed by atoms with Gasteiger partial charge in [0.2, 0.25) is 0 Å². The Morgan fingerprint density at radius 1 is 1.30 bits per heavy atom. The van der Waals surface area contributed by atoms with Gasteiger partial charge in [-0.15, -0.1) is 0 Å². The Morgan fingerprint density at radius 2 is 2.00 bits per heavy atom. The van der Waals surface area contributed by atoms with Gasteiger partial charge in [0.1, 0.15) is 10.0 Å². The number of esters is 1. The lowest BCUT2D eigenvalue weighted by molar-refractivity contribution is -0.380. The maximum Gasteiger partial charge on any atom is 0.405 e. The summed E-state index contributed by atoms with van der Waals surface area (Å²) in [6, 6.07) is 0.144. The van der Waals surface area contributed by atoms with Crippen molar-refractivity contribution in [2.75, 3.05) is 18.9 Å². The lowest BCUT2D eigenvalue weighted by atomic mass is 10.0. The van der Waals surface area contributed by atoms with Gasteiger partial charge in [-0.2, -0.15) is 4.98 Å². The summed E-state index contributed by atoms with van der Waals surface area (Å²) >= 11 is 17.6. The zero-order valence-electron chi connectivity index (χ0n) is 12.5. The molecule has 6 nitrogen and oxygen atoms in total. The zero-order valence-corrected chi connectivity index (χ0v) is 14.8. The van der Waals surface area contributed by atoms with E-state index in [0.717, 1.165) is 19.3 Å². The molecule has 2 rings (SSSR count). The number of aromatic amines is 1. The summed E-state index contributed by atoms with van der Waals surface area (Å²) in [5, 5.41) is -0.105. The van der Waals surface area contributed by atoms with Gasteiger partial charge < -0.3 is 15.4 Å². The highest BCUT2D eigenvalue weighted by Gasteiger charge is 2.29. The number of carbonyl (C=O) groups is 2. The van der Waals surface area contributed by atoms with Crippen molar-refractivity contribution in [3.05, 3.63) is 20.9 Å². The van der Waals surface area contributed by atoms with Crippen molar-refractivity contribution in [2.24, 2.45) is 0 Å². The van der Waals surface area contributed by atoms with Crippen LogP contribution in [0.2, 0.25) is 15.2 Å². The van der Waals surface area contributed by atoms with Crippen LogP contribution in [0.3, 0.4) is 0 Å². The first-order valence-electron chi connectivity index (χ1n) is 7.14. The van der Waals surface area contributed by atoms with Gasteiger partial charge in [0.05, 0.1) is 5.69 Å². The van der Waals surface area contributed by atoms with E-state index in [0.29, 0.717) is 6.54 Å². The second kappa shape index (κ2) is 7.55. The van der Waals surface area contributed by atoms with Crippen LogP contribution < -0.4 is 10.7 Å². The van der Waals surface area contributed by atoms with Gasteiger partial charge in [0, 0.05) is 12.6 Å². The van der Waals surface area contributed by atoms with E-state index < -0.39 is 5.97 Å². The van der Waals surface area contributed by atoms with Crippen molar-refractivity contribution in [1.29, 1.82) is 0 Å². The second-order valence-electron chi connectivity index (χ2n) is 5.36. The highest BCUT2D eigenvalue weighted by molar-refractivity contribution is 6.45. The van der Waals surface area contributed by atoms with E-state index in [1.54, 1.807) is 4.90 Å². The molecule has 126 valence electrons. The molecule has 0 saturated carbocycles. The number of ether oxygens (including phenoxy) is 1. The molecule has 0 aromatic carbocycles. The van der Waals surface area contributed by atoms with Crippen molar-refractivity contribution in [3.63, 3.8) is 0 Å². The molecule has 0 spiro atoms. The number of likely N-dealkylation sites (tertiary alicyclic amines) is 1. The number of hydrogen-bond acceptors (Lipinski definition) is 4. The molecule has 1 aromatic heterocycles. The molecule has 9 heteroatoms. The predicted molar refractivity (Wildman–Crippen MR) is 87.7 cm³/mol. The molecule has 1 fully saturated rings. The van der Waals surface area contributed by atoms with Gasteiger partial charge in [-0.1, -0.05) is 23.2 Å². The molecule has 1 amide bonds. The fraction of sp³-hybridized carbons (Fsp3) is 0.500. The Balaban J connectivity index is 2.04. The third-order valence-electron chi connectivity index (χ3n) is 3.77. The minimum Gasteiger partial charge on any atom is -0.448 e. The number of nitrogens with one attached hydrogen (secondary N) is 1. The predicted octanol–water partition coefficient (Wildman–Crippen LogP) is 2.60. The summed E-state index contributed by atoms with van der Waals surface area (Å²) in [5.74, 6) is -1.06. The Hall–Kier alpha value is -1.24. The molecule has 1 aliphatic rings. The first-order chi connectivity index (χ1) is 10.8. The molecule has 1 aromatic rings. The largest absolute Gasteiger partial charge is 0.448 e. The van der Waals surface area contributed by atoms with Crippen LogP contribution in [0.5, 0.6) is 0 Å². The van der Waals surface area contributed by atoms with Crippen molar-refractivity contribution >= 4 is 52.4 Å². The number of H-pyrrole nitrogens is 1. The summed E-state index contributed by atoms with van der Waals surface area (Å²) in [6.07, 6.45) is 2.99. The van der Waals surface area contributed by atoms with Gasteiger partial charge in [-0.05, 0) is 37.8 Å². The number of nitrogen functional groups attached to an aromatic ring is 1. The molecular formula is C14H17Cl3N3O3+. The lowest BCUT2D eigenvalue weighted by Gasteiger charge is -2.33. The van der Waals surface area contributed by atoms with E-state index >= 15 is 0 Å². The molecule has 23 heavy (non-hydrogen) atoms. The number of aromatic nitrogens is 1. The van der Waals surface area contributed by atoms with E-state index in [4.69, 9.17) is 45.3 Å². The Bertz CT molecular complexity index is 639. The number of pyridine rings is 1. The lowest BCUT2D eigenvalue weighted by Crippen LogP contribution is -2.44. The SMILES string of the molecule is C[C@H]1CCCCN1C(=O)COC(=O)c1[nH+]c(Cl)c(Cl)c(N)c1Cl. The monoisotopic (exact) mass is 380 g/mol. The molecule has 1 saturated heterocycles. The van der Waals surface area contributed by atoms with Gasteiger partial charge in [-0.3, -0.25) is 4.79 Å². The molecule has 2 heterocycles. The summed E-state index contributed by atoms with van der Waals surface area (Å²) in [7, 11) is 0. The zero-order chi connectivity index (χ0) is 17.1. The smallest absolute Gasteiger partial charge is 0.405 e. The normalized spacial score (nSPS) is 17.9. The number of hydrogen-bond donors (Lipinski definition) is 1. The number of carbonyl (C=O) groups excluding carboxylic acids is 2. The molecule has 3 N–H and O–H groups in total. The summed E-state index contributed by atoms with van der Waals surface area (Å²) in [4.78, 5) is 28.5. The molecular weight excluding hydrogens is 365 g/mol. The third-order valence-corrected chi connectivity index (χ3v) is 4.94. The van der Waals surface area contributed by atoms with Crippen LogP contribution in [-0.2, 0) is 9.53 Å². The van der Waals surface area contributed by atoms with Gasteiger partial charge in [0.25, 0.3) is 11.1 Å². The van der Waals surface area contributed by atoms with Crippen molar-refractivity contribution in [3.8, 4) is 0 Å². The minimum absolute atomic E-state index is 0.0198. The van der Waals surface area contributed by atoms with Gasteiger partial charge >= 0.3 is 11.7 Å². The Labute approximate surface area is 148 Å². The van der Waals surface area contributed by atoms with Crippen molar-refractivity contribution < 1.29 is 19.3 Å². The standard InChI is InChI=1S/C14H16Cl3N3O3/c1-7-4-2-3-5-20(7)8(21)6-23-14(22)12-9(15)11(18)10(16)13(17)19-12/h7H,2-6H2,1H3,(H2,18,19)/p+1/t7-/m0/s1. The van der Waals surface area contributed by atoms with Crippen molar-refractivity contribution in [2.45, 2.75) is 32.2 Å². The van der Waals surface area contributed by atoms with E-state index in [1.165, 1.54) is 0 Å². The van der Waals surface area contributed by atoms with E-state index in [2.05, 4.69) is 4.98 Å². The highest BCUT2D eigenvalue weighted by atomic mass is 35.5. The number of rotatable bonds is 3. The van der Waals surface area contributed by atoms with Crippen LogP contribution in [0.25, 0.3) is 0 Å². The van der Waals surface area contributed by atoms with Crippen LogP contribution in [0, 0.1) is 0 Å². The van der Waals surface area contributed by atoms with E-state index in [9.17, 15) is 9.59 Å². The highest BCUT2D eigenvalue weighted by Crippen LogP contribution is 2.32. The van der Waals surface area contributed by atoms with Crippen LogP contribution in [0.1, 0.15) is 36.7 Å². The molecule has 0 bridgehead atoms. The quantitative estimate of drug-likeness (QED) is 0.644. The maximum absolute atomic E-state index is 12.2. The fourth-order valence-electron chi connectivity index (χ4n) is 2.46. The van der Waals surface area contributed by atoms with Crippen molar-refractivity contribution in [1.82, 2.24) is 4.90 Å². The number of nitrogens with two attached hydrogens (primary N) is 1. The van der Waals surface area contributed by atoms with Gasteiger partial charge in [-0.25, -0.2) is 4.79 Å². The number of anilines is 1. The fourth-order valence-corrected chi connectivity index (χ4v) is 3.07. The third kappa shape index (κ3) is 4.00. The Morgan fingerprint density at radius 3 is 2.65 bits per heavy atom. The summed E-state index contributed by atoms with van der Waals surface area (Å²) < 4.78 is 5.02. The molecule has 0 aliphatic carbocycles. The van der Waals surface area contributed by atoms with Crippen LogP contribution in [0.4, 0.5) is 5.69 Å². The number of piperidine rings is 1. The minimum atomic E-state index is -0.821. The first-order valence-corrected chi connectivity index (χ1v) is 8.28. The second-order valence-corrected chi connectivity index (χ2v) is 6.50. The Kier molecular flexibility index (Phi) is 5.95. The molecule has 0 radical (unpaired) electrons. The maximum atomic E-state index is 12.2. The van der Waals surface area contributed by atoms with Crippen LogP contribution in [-0.4, -0.2) is 36.0 Å². The topological polar surface area (TPSA) is 86.8 Å². The van der Waals surface area contributed by atoms with E-state index in [-0.39, 0.29) is 45.1 Å². The molecule has 1 aliphatic heterocycles. The molecule has 0 unspecified atom stereocenters. The summed E-state index contributed by atoms with van der Waals surface area (Å²) in [6.45, 7) is 2.28. The van der Waals surface area contributed by atoms with E-state index in [1.807, 2.05) is 6.92 Å². The number of amides is 1. The summed E-state index contributed by atoms with van der Waals surface area (Å²) in [5.41, 5.74) is 5.49. The van der Waals surface area contributed by atoms with Gasteiger partial charge in [0.15, 0.2) is 6.61 Å². The number of nitrogens with zero attached hydrogens (tertiary/aromatic N) is 1. The van der Waals surface area contributed by atoms with Crippen LogP contribution >= 0.6 is 34.8 Å². The molecule has 1 atom stereocenters. The average molecular weight is 382 g/mol. The average Bonchev–Trinajstić information content (AvgIpc) is 2.54.